The Labute approximate surface area is 169 Å². The molecule has 0 aliphatic heterocycles. The third kappa shape index (κ3) is 10.0. The van der Waals surface area contributed by atoms with Gasteiger partial charge in [-0.1, -0.05) is 38.3 Å². The van der Waals surface area contributed by atoms with Crippen LogP contribution in [-0.2, 0) is 16.6 Å². The maximum Gasteiger partial charge on any atom is 0.238 e. The first-order chi connectivity index (χ1) is 11.4. The smallest absolute Gasteiger partial charge is 0.238 e. The van der Waals surface area contributed by atoms with E-state index in [2.05, 4.69) is 29.5 Å². The number of halogens is 1. The number of sulfonamides is 1. The van der Waals surface area contributed by atoms with Gasteiger partial charge in [-0.2, -0.15) is 0 Å². The van der Waals surface area contributed by atoms with Crippen molar-refractivity contribution in [2.24, 2.45) is 10.1 Å². The predicted octanol–water partition coefficient (Wildman–Crippen LogP) is 2.98. The van der Waals surface area contributed by atoms with Crippen molar-refractivity contribution in [3.05, 3.63) is 29.8 Å². The number of unbranched alkanes of at least 4 members (excludes halogenated alkanes) is 2. The number of guanidine groups is 1. The van der Waals surface area contributed by atoms with Crippen LogP contribution in [0.15, 0.2) is 34.2 Å². The lowest BCUT2D eigenvalue weighted by molar-refractivity contribution is 0.547. The van der Waals surface area contributed by atoms with Crippen molar-refractivity contribution < 1.29 is 8.42 Å². The molecule has 144 valence electrons. The number of benzene rings is 1. The van der Waals surface area contributed by atoms with Crippen LogP contribution in [0.2, 0.25) is 0 Å². The highest BCUT2D eigenvalue weighted by atomic mass is 127. The molecule has 1 rings (SSSR count). The van der Waals surface area contributed by atoms with Crippen molar-refractivity contribution in [1.29, 1.82) is 0 Å². The summed E-state index contributed by atoms with van der Waals surface area (Å²) < 4.78 is 22.8. The number of nitrogens with two attached hydrogens (primary N) is 1. The highest BCUT2D eigenvalue weighted by Gasteiger charge is 2.08. The van der Waals surface area contributed by atoms with E-state index in [4.69, 9.17) is 5.14 Å². The Morgan fingerprint density at radius 2 is 2.00 bits per heavy atom. The molecule has 0 aliphatic rings. The quantitative estimate of drug-likeness (QED) is 0.218. The van der Waals surface area contributed by atoms with E-state index in [1.807, 2.05) is 13.0 Å². The average molecular weight is 482 g/mol. The molecule has 1 aromatic rings. The molecule has 0 heterocycles. The zero-order valence-electron chi connectivity index (χ0n) is 15.3. The largest absolute Gasteiger partial charge is 0.357 e. The maximum atomic E-state index is 11.4. The van der Waals surface area contributed by atoms with E-state index in [0.29, 0.717) is 12.6 Å². The third-order valence-corrected chi connectivity index (χ3v) is 4.53. The SMILES string of the molecule is CCCCCC(C)NC(=NCc1cccc(S(N)(=O)=O)c1)NCC.I. The summed E-state index contributed by atoms with van der Waals surface area (Å²) in [6.07, 6.45) is 4.74. The van der Waals surface area contributed by atoms with Gasteiger partial charge in [0.15, 0.2) is 5.96 Å². The summed E-state index contributed by atoms with van der Waals surface area (Å²) in [5, 5.41) is 11.8. The van der Waals surface area contributed by atoms with E-state index in [1.54, 1.807) is 12.1 Å². The summed E-state index contributed by atoms with van der Waals surface area (Å²) in [6.45, 7) is 7.51. The summed E-state index contributed by atoms with van der Waals surface area (Å²) in [4.78, 5) is 4.65. The van der Waals surface area contributed by atoms with Crippen LogP contribution in [0.1, 0.15) is 52.0 Å². The van der Waals surface area contributed by atoms with Crippen molar-refractivity contribution in [2.75, 3.05) is 6.54 Å². The molecule has 8 heteroatoms. The minimum absolute atomic E-state index is 0. The van der Waals surface area contributed by atoms with E-state index < -0.39 is 10.0 Å². The number of hydrogen-bond acceptors (Lipinski definition) is 3. The van der Waals surface area contributed by atoms with Gasteiger partial charge in [-0.15, -0.1) is 24.0 Å². The molecule has 4 N–H and O–H groups in total. The molecule has 1 atom stereocenters. The van der Waals surface area contributed by atoms with Gasteiger partial charge in [-0.25, -0.2) is 18.5 Å². The van der Waals surface area contributed by atoms with E-state index in [-0.39, 0.29) is 28.9 Å². The zero-order chi connectivity index (χ0) is 18.0. The molecule has 0 radical (unpaired) electrons. The fraction of sp³-hybridized carbons (Fsp3) is 0.588. The zero-order valence-corrected chi connectivity index (χ0v) is 18.4. The minimum Gasteiger partial charge on any atom is -0.357 e. The lowest BCUT2D eigenvalue weighted by atomic mass is 10.1. The second-order valence-corrected chi connectivity index (χ2v) is 7.49. The van der Waals surface area contributed by atoms with E-state index >= 15 is 0 Å². The molecule has 6 nitrogen and oxygen atoms in total. The second kappa shape index (κ2) is 12.5. The van der Waals surface area contributed by atoms with Gasteiger partial charge in [-0.05, 0) is 38.0 Å². The predicted molar refractivity (Wildman–Crippen MR) is 115 cm³/mol. The van der Waals surface area contributed by atoms with Gasteiger partial charge < -0.3 is 10.6 Å². The highest BCUT2D eigenvalue weighted by Crippen LogP contribution is 2.10. The number of primary sulfonamides is 1. The standard InChI is InChI=1S/C17H30N4O2S.HI/c1-4-6-7-9-14(3)21-17(19-5-2)20-13-15-10-8-11-16(12-15)24(18,22)23;/h8,10-12,14H,4-7,9,13H2,1-3H3,(H2,18,22,23)(H2,19,20,21);1H. The molecular weight excluding hydrogens is 451 g/mol. The van der Waals surface area contributed by atoms with Crippen molar-refractivity contribution in [2.45, 2.75) is 63.9 Å². The molecule has 0 fully saturated rings. The summed E-state index contributed by atoms with van der Waals surface area (Å²) in [7, 11) is -3.69. The van der Waals surface area contributed by atoms with Gasteiger partial charge in [0.1, 0.15) is 0 Å². The topological polar surface area (TPSA) is 96.6 Å². The van der Waals surface area contributed by atoms with E-state index in [9.17, 15) is 8.42 Å². The van der Waals surface area contributed by atoms with Crippen LogP contribution in [0.5, 0.6) is 0 Å². The molecule has 0 saturated carbocycles. The second-order valence-electron chi connectivity index (χ2n) is 5.93. The molecule has 0 bridgehead atoms. The van der Waals surface area contributed by atoms with Crippen molar-refractivity contribution in [1.82, 2.24) is 10.6 Å². The number of hydrogen-bond donors (Lipinski definition) is 3. The van der Waals surface area contributed by atoms with Gasteiger partial charge in [0.05, 0.1) is 11.4 Å². The fourth-order valence-electron chi connectivity index (χ4n) is 2.32. The highest BCUT2D eigenvalue weighted by molar-refractivity contribution is 14.0. The van der Waals surface area contributed by atoms with Crippen LogP contribution in [0.3, 0.4) is 0 Å². The third-order valence-electron chi connectivity index (χ3n) is 3.61. The molecule has 25 heavy (non-hydrogen) atoms. The van der Waals surface area contributed by atoms with Crippen LogP contribution in [-0.4, -0.2) is 27.0 Å². The van der Waals surface area contributed by atoms with Gasteiger partial charge in [0, 0.05) is 12.6 Å². The summed E-state index contributed by atoms with van der Waals surface area (Å²) in [5.41, 5.74) is 0.803. The Morgan fingerprint density at radius 1 is 1.28 bits per heavy atom. The Morgan fingerprint density at radius 3 is 2.60 bits per heavy atom. The normalized spacial score (nSPS) is 13.0. The van der Waals surface area contributed by atoms with Crippen molar-refractivity contribution in [3.8, 4) is 0 Å². The number of nitrogens with one attached hydrogen (secondary N) is 2. The molecule has 0 aromatic heterocycles. The molecular formula is C17H31IN4O2S. The van der Waals surface area contributed by atoms with Crippen LogP contribution >= 0.6 is 24.0 Å². The molecule has 0 saturated heterocycles. The van der Waals surface area contributed by atoms with E-state index in [0.717, 1.165) is 24.5 Å². The monoisotopic (exact) mass is 482 g/mol. The lowest BCUT2D eigenvalue weighted by Gasteiger charge is -2.17. The first-order valence-electron chi connectivity index (χ1n) is 8.53. The molecule has 0 spiro atoms. The Kier molecular flexibility index (Phi) is 12.0. The first-order valence-corrected chi connectivity index (χ1v) is 10.1. The molecule has 1 unspecified atom stereocenters. The van der Waals surface area contributed by atoms with Gasteiger partial charge in [0.25, 0.3) is 0 Å². The van der Waals surface area contributed by atoms with Crippen molar-refractivity contribution >= 4 is 40.0 Å². The maximum absolute atomic E-state index is 11.4. The summed E-state index contributed by atoms with van der Waals surface area (Å²) >= 11 is 0. The van der Waals surface area contributed by atoms with Crippen LogP contribution in [0.4, 0.5) is 0 Å². The van der Waals surface area contributed by atoms with Gasteiger partial charge >= 0.3 is 0 Å². The minimum atomic E-state index is -3.69. The van der Waals surface area contributed by atoms with E-state index in [1.165, 1.54) is 25.3 Å². The van der Waals surface area contributed by atoms with Crippen molar-refractivity contribution in [3.63, 3.8) is 0 Å². The molecule has 0 amide bonds. The average Bonchev–Trinajstić information content (AvgIpc) is 2.52. The Bertz CT molecular complexity index is 635. The Hall–Kier alpha value is -0.870. The Balaban J connectivity index is 0.00000576. The number of aliphatic imine (C=N–C) groups is 1. The molecule has 0 aliphatic carbocycles. The number of nitrogens with zero attached hydrogens (tertiary/aromatic N) is 1. The summed E-state index contributed by atoms with van der Waals surface area (Å²) in [6, 6.07) is 6.91. The van der Waals surface area contributed by atoms with Crippen LogP contribution in [0.25, 0.3) is 0 Å². The van der Waals surface area contributed by atoms with Gasteiger partial charge in [0.2, 0.25) is 10.0 Å². The molecule has 1 aromatic carbocycles. The summed E-state index contributed by atoms with van der Waals surface area (Å²) in [5.74, 6) is 0.738. The van der Waals surface area contributed by atoms with Crippen LogP contribution < -0.4 is 15.8 Å². The van der Waals surface area contributed by atoms with Crippen LogP contribution in [0, 0.1) is 0 Å². The number of rotatable bonds is 9. The van der Waals surface area contributed by atoms with Gasteiger partial charge in [-0.3, -0.25) is 0 Å². The first kappa shape index (κ1) is 24.1. The lowest BCUT2D eigenvalue weighted by Crippen LogP contribution is -2.42. The fourth-order valence-corrected chi connectivity index (χ4v) is 2.90.